The first-order valence-electron chi connectivity index (χ1n) is 7.23. The van der Waals surface area contributed by atoms with E-state index in [1.54, 1.807) is 24.3 Å². The van der Waals surface area contributed by atoms with Gasteiger partial charge in [0, 0.05) is 18.1 Å². The smallest absolute Gasteiger partial charge is 0.344 e. The van der Waals surface area contributed by atoms with Crippen LogP contribution in [0.15, 0.2) is 24.3 Å². The van der Waals surface area contributed by atoms with E-state index in [1.807, 2.05) is 0 Å². The number of benzene rings is 1. The fourth-order valence-corrected chi connectivity index (χ4v) is 3.06. The third-order valence-corrected chi connectivity index (χ3v) is 4.72. The quantitative estimate of drug-likeness (QED) is 0.517. The number of nitrogens with zero attached hydrogens (tertiary/aromatic N) is 1. The summed E-state index contributed by atoms with van der Waals surface area (Å²) in [4.78, 5) is 36.1. The summed E-state index contributed by atoms with van der Waals surface area (Å²) < 4.78 is 10.5. The highest BCUT2D eigenvalue weighted by Crippen LogP contribution is 2.18. The van der Waals surface area contributed by atoms with Crippen molar-refractivity contribution in [1.29, 1.82) is 0 Å². The molecule has 1 aromatic rings. The molecular formula is C15H15ClN2O5S2. The van der Waals surface area contributed by atoms with Crippen LogP contribution in [0.4, 0.5) is 0 Å². The van der Waals surface area contributed by atoms with Crippen LogP contribution in [0.3, 0.4) is 0 Å². The van der Waals surface area contributed by atoms with Gasteiger partial charge in [-0.1, -0.05) is 35.6 Å². The van der Waals surface area contributed by atoms with E-state index in [-0.39, 0.29) is 19.1 Å². The molecule has 1 fully saturated rings. The Bertz CT molecular complexity index is 652. The van der Waals surface area contributed by atoms with Gasteiger partial charge in [0.1, 0.15) is 10.1 Å². The van der Waals surface area contributed by atoms with Crippen LogP contribution in [-0.2, 0) is 19.1 Å². The van der Waals surface area contributed by atoms with Gasteiger partial charge in [0.25, 0.3) is 5.91 Å². The second-order valence-electron chi connectivity index (χ2n) is 4.85. The second kappa shape index (κ2) is 9.59. The highest BCUT2D eigenvalue weighted by molar-refractivity contribution is 8.23. The summed E-state index contributed by atoms with van der Waals surface area (Å²) in [6, 6.07) is 6.49. The van der Waals surface area contributed by atoms with Crippen molar-refractivity contribution in [3.05, 3.63) is 29.3 Å². The molecule has 0 saturated carbocycles. The van der Waals surface area contributed by atoms with Gasteiger partial charge in [-0.05, 0) is 24.3 Å². The van der Waals surface area contributed by atoms with Crippen molar-refractivity contribution in [3.63, 3.8) is 0 Å². The number of rotatable bonds is 8. The van der Waals surface area contributed by atoms with Gasteiger partial charge in [0.15, 0.2) is 13.2 Å². The van der Waals surface area contributed by atoms with Crippen LogP contribution in [0.5, 0.6) is 5.75 Å². The van der Waals surface area contributed by atoms with E-state index in [1.165, 1.54) is 16.7 Å². The van der Waals surface area contributed by atoms with Crippen LogP contribution in [0.2, 0.25) is 5.02 Å². The molecule has 0 radical (unpaired) electrons. The molecule has 1 N–H and O–H groups in total. The zero-order valence-corrected chi connectivity index (χ0v) is 15.4. The second-order valence-corrected chi connectivity index (χ2v) is 6.90. The number of carbonyl (C=O) groups is 3. The fraction of sp³-hybridized carbons (Fsp3) is 0.333. The Morgan fingerprint density at radius 1 is 1.28 bits per heavy atom. The minimum absolute atomic E-state index is 0.0741. The minimum atomic E-state index is -0.669. The lowest BCUT2D eigenvalue weighted by Gasteiger charge is -2.15. The van der Waals surface area contributed by atoms with E-state index in [4.69, 9.17) is 33.3 Å². The van der Waals surface area contributed by atoms with E-state index < -0.39 is 18.5 Å². The number of esters is 1. The zero-order chi connectivity index (χ0) is 18.2. The summed E-state index contributed by atoms with van der Waals surface area (Å²) in [6.45, 7) is -0.216. The Balaban J connectivity index is 1.59. The largest absolute Gasteiger partial charge is 0.482 e. The van der Waals surface area contributed by atoms with Crippen LogP contribution < -0.4 is 10.1 Å². The maximum absolute atomic E-state index is 11.6. The lowest BCUT2D eigenvalue weighted by Crippen LogP contribution is -2.38. The summed E-state index contributed by atoms with van der Waals surface area (Å²) in [6.07, 6.45) is 0. The van der Waals surface area contributed by atoms with E-state index in [2.05, 4.69) is 5.32 Å². The highest BCUT2D eigenvalue weighted by Gasteiger charge is 2.25. The lowest BCUT2D eigenvalue weighted by molar-refractivity contribution is -0.150. The molecule has 0 aliphatic carbocycles. The normalized spacial score (nSPS) is 13.7. The van der Waals surface area contributed by atoms with Crippen molar-refractivity contribution in [3.8, 4) is 5.75 Å². The number of carbonyl (C=O) groups excluding carboxylic acids is 3. The molecule has 1 aliphatic rings. The summed E-state index contributed by atoms with van der Waals surface area (Å²) in [5, 5.41) is 3.11. The first-order chi connectivity index (χ1) is 12.0. The number of ether oxygens (including phenoxy) is 2. The predicted molar refractivity (Wildman–Crippen MR) is 97.7 cm³/mol. The summed E-state index contributed by atoms with van der Waals surface area (Å²) in [5.74, 6) is -0.412. The molecule has 1 heterocycles. The number of hydrogen-bond donors (Lipinski definition) is 1. The molecule has 0 aromatic heterocycles. The first kappa shape index (κ1) is 19.5. The Hall–Kier alpha value is -1.84. The average molecular weight is 403 g/mol. The molecule has 0 spiro atoms. The van der Waals surface area contributed by atoms with E-state index in [0.29, 0.717) is 27.4 Å². The van der Waals surface area contributed by atoms with Crippen molar-refractivity contribution < 1.29 is 23.9 Å². The van der Waals surface area contributed by atoms with Gasteiger partial charge in [-0.15, -0.1) is 0 Å². The lowest BCUT2D eigenvalue weighted by atomic mass is 10.3. The standard InChI is InChI=1S/C15H15ClN2O5S2/c16-10-1-3-11(4-2-10)22-8-14(21)23-7-12(19)17-5-6-18-13(20)9-25-15(18)24/h1-4H,5-9H2,(H,17,19). The number of thiocarbonyl (C=S) groups is 1. The molecule has 1 aliphatic heterocycles. The molecule has 134 valence electrons. The average Bonchev–Trinajstić information content (AvgIpc) is 2.91. The maximum Gasteiger partial charge on any atom is 0.344 e. The Kier molecular flexibility index (Phi) is 7.48. The van der Waals surface area contributed by atoms with Gasteiger partial charge in [-0.3, -0.25) is 14.5 Å². The minimum Gasteiger partial charge on any atom is -0.482 e. The van der Waals surface area contributed by atoms with Gasteiger partial charge in [0.2, 0.25) is 5.91 Å². The Morgan fingerprint density at radius 3 is 2.64 bits per heavy atom. The van der Waals surface area contributed by atoms with Crippen molar-refractivity contribution in [2.24, 2.45) is 0 Å². The van der Waals surface area contributed by atoms with Gasteiger partial charge >= 0.3 is 5.97 Å². The maximum atomic E-state index is 11.6. The van der Waals surface area contributed by atoms with Crippen LogP contribution in [0.25, 0.3) is 0 Å². The van der Waals surface area contributed by atoms with E-state index in [9.17, 15) is 14.4 Å². The van der Waals surface area contributed by atoms with Crippen molar-refractivity contribution in [2.45, 2.75) is 0 Å². The van der Waals surface area contributed by atoms with Crippen LogP contribution in [0, 0.1) is 0 Å². The molecule has 1 saturated heterocycles. The third kappa shape index (κ3) is 6.52. The molecule has 0 atom stereocenters. The van der Waals surface area contributed by atoms with Crippen molar-refractivity contribution >= 4 is 57.7 Å². The summed E-state index contributed by atoms with van der Waals surface area (Å²) in [7, 11) is 0. The molecule has 25 heavy (non-hydrogen) atoms. The van der Waals surface area contributed by atoms with Crippen LogP contribution >= 0.6 is 35.6 Å². The van der Waals surface area contributed by atoms with Gasteiger partial charge in [-0.2, -0.15) is 0 Å². The monoisotopic (exact) mass is 402 g/mol. The number of hydrogen-bond acceptors (Lipinski definition) is 7. The SMILES string of the molecule is O=C(COC(=O)COc1ccc(Cl)cc1)NCCN1C(=O)CSC1=S. The Morgan fingerprint density at radius 2 is 2.00 bits per heavy atom. The van der Waals surface area contributed by atoms with Crippen LogP contribution in [-0.4, -0.2) is 59.1 Å². The molecule has 7 nitrogen and oxygen atoms in total. The predicted octanol–water partition coefficient (Wildman–Crippen LogP) is 1.24. The van der Waals surface area contributed by atoms with Gasteiger partial charge in [-0.25, -0.2) is 4.79 Å². The molecule has 0 bridgehead atoms. The zero-order valence-electron chi connectivity index (χ0n) is 13.0. The molecule has 0 unspecified atom stereocenters. The number of halogens is 1. The van der Waals surface area contributed by atoms with Crippen molar-refractivity contribution in [2.75, 3.05) is 32.1 Å². The third-order valence-electron chi connectivity index (χ3n) is 3.03. The van der Waals surface area contributed by atoms with Gasteiger partial charge in [0.05, 0.1) is 5.75 Å². The molecular weight excluding hydrogens is 388 g/mol. The van der Waals surface area contributed by atoms with E-state index in [0.717, 1.165) is 0 Å². The molecule has 10 heteroatoms. The fourth-order valence-electron chi connectivity index (χ4n) is 1.82. The molecule has 2 amide bonds. The summed E-state index contributed by atoms with van der Waals surface area (Å²) in [5.41, 5.74) is 0. The summed E-state index contributed by atoms with van der Waals surface area (Å²) >= 11 is 12.1. The number of thioether (sulfide) groups is 1. The Labute approximate surface area is 159 Å². The number of amides is 2. The molecule has 1 aromatic carbocycles. The van der Waals surface area contributed by atoms with Crippen LogP contribution in [0.1, 0.15) is 0 Å². The highest BCUT2D eigenvalue weighted by atomic mass is 35.5. The number of nitrogens with one attached hydrogen (secondary N) is 1. The van der Waals surface area contributed by atoms with Gasteiger partial charge < -0.3 is 14.8 Å². The first-order valence-corrected chi connectivity index (χ1v) is 9.00. The van der Waals surface area contributed by atoms with Crippen molar-refractivity contribution in [1.82, 2.24) is 10.2 Å². The molecule has 2 rings (SSSR count). The van der Waals surface area contributed by atoms with E-state index >= 15 is 0 Å². The topological polar surface area (TPSA) is 84.9 Å².